The maximum absolute atomic E-state index is 13.5. The van der Waals surface area contributed by atoms with Gasteiger partial charge in [-0.2, -0.15) is 0 Å². The van der Waals surface area contributed by atoms with Gasteiger partial charge in [-0.1, -0.05) is 78.9 Å². The summed E-state index contributed by atoms with van der Waals surface area (Å²) < 4.78 is 0. The van der Waals surface area contributed by atoms with Crippen molar-refractivity contribution in [2.24, 2.45) is 0 Å². The minimum atomic E-state index is -0.536. The molecule has 1 atom stereocenters. The second-order valence-electron chi connectivity index (χ2n) is 7.48. The Hall–Kier alpha value is -3.40. The number of carbonyl (C=O) groups excluding carboxylic acids is 2. The molecule has 146 valence electrons. The van der Waals surface area contributed by atoms with Crippen LogP contribution in [0.25, 0.3) is 0 Å². The van der Waals surface area contributed by atoms with Crippen molar-refractivity contribution in [3.05, 3.63) is 107 Å². The van der Waals surface area contributed by atoms with Crippen molar-refractivity contribution >= 4 is 11.8 Å². The van der Waals surface area contributed by atoms with Gasteiger partial charge < -0.3 is 9.80 Å². The topological polar surface area (TPSA) is 40.6 Å². The second kappa shape index (κ2) is 8.31. The molecule has 1 aliphatic rings. The molecule has 0 N–H and O–H groups in total. The predicted molar refractivity (Wildman–Crippen MR) is 113 cm³/mol. The first-order chi connectivity index (χ1) is 14.1. The summed E-state index contributed by atoms with van der Waals surface area (Å²) in [6, 6.07) is 26.9. The molecule has 0 radical (unpaired) electrons. The van der Waals surface area contributed by atoms with Crippen LogP contribution in [0.15, 0.2) is 84.9 Å². The largest absolute Gasteiger partial charge is 0.340 e. The molecule has 0 aliphatic carbocycles. The summed E-state index contributed by atoms with van der Waals surface area (Å²) in [5.41, 5.74) is 3.79. The number of carbonyl (C=O) groups is 2. The van der Waals surface area contributed by atoms with Crippen LogP contribution in [-0.2, 0) is 24.3 Å². The van der Waals surface area contributed by atoms with E-state index in [1.165, 1.54) is 0 Å². The molecule has 29 heavy (non-hydrogen) atoms. The summed E-state index contributed by atoms with van der Waals surface area (Å²) in [6.45, 7) is 0.983. The SMILES string of the molecule is CN(Cc1ccccc1)C(=O)[C@@H](Cc1ccccc1)N1Cc2ccccc2C1=O. The highest BCUT2D eigenvalue weighted by Crippen LogP contribution is 2.26. The van der Waals surface area contributed by atoms with Crippen LogP contribution < -0.4 is 0 Å². The summed E-state index contributed by atoms with van der Waals surface area (Å²) >= 11 is 0. The van der Waals surface area contributed by atoms with Crippen LogP contribution in [-0.4, -0.2) is 34.7 Å². The van der Waals surface area contributed by atoms with E-state index in [0.29, 0.717) is 25.1 Å². The molecule has 3 aromatic rings. The van der Waals surface area contributed by atoms with E-state index >= 15 is 0 Å². The van der Waals surface area contributed by atoms with E-state index in [4.69, 9.17) is 0 Å². The van der Waals surface area contributed by atoms with Gasteiger partial charge in [-0.25, -0.2) is 0 Å². The second-order valence-corrected chi connectivity index (χ2v) is 7.48. The molecule has 0 aromatic heterocycles. The minimum absolute atomic E-state index is 0.0427. The fraction of sp³-hybridized carbons (Fsp3) is 0.200. The molecule has 1 heterocycles. The number of benzene rings is 3. The Balaban J connectivity index is 1.60. The monoisotopic (exact) mass is 384 g/mol. The van der Waals surface area contributed by atoms with Gasteiger partial charge in [-0.15, -0.1) is 0 Å². The Kier molecular flexibility index (Phi) is 5.43. The third kappa shape index (κ3) is 4.06. The number of amides is 2. The molecule has 0 bridgehead atoms. The van der Waals surface area contributed by atoms with Crippen molar-refractivity contribution in [1.82, 2.24) is 9.80 Å². The first kappa shape index (κ1) is 18.9. The zero-order valence-electron chi connectivity index (χ0n) is 16.5. The lowest BCUT2D eigenvalue weighted by Crippen LogP contribution is -2.48. The van der Waals surface area contributed by atoms with Crippen molar-refractivity contribution in [3.63, 3.8) is 0 Å². The summed E-state index contributed by atoms with van der Waals surface area (Å²) in [7, 11) is 1.81. The van der Waals surface area contributed by atoms with E-state index in [1.54, 1.807) is 16.8 Å². The number of hydrogen-bond acceptors (Lipinski definition) is 2. The average Bonchev–Trinajstić information content (AvgIpc) is 3.09. The normalized spacial score (nSPS) is 13.8. The summed E-state index contributed by atoms with van der Waals surface area (Å²) in [4.78, 5) is 30.0. The molecule has 0 fully saturated rings. The Labute approximate surface area is 171 Å². The molecule has 2 amide bonds. The highest BCUT2D eigenvalue weighted by molar-refractivity contribution is 6.01. The molecular weight excluding hydrogens is 360 g/mol. The highest BCUT2D eigenvalue weighted by atomic mass is 16.2. The van der Waals surface area contributed by atoms with Crippen LogP contribution in [0, 0.1) is 0 Å². The van der Waals surface area contributed by atoms with Gasteiger partial charge >= 0.3 is 0 Å². The van der Waals surface area contributed by atoms with Crippen molar-refractivity contribution in [2.45, 2.75) is 25.6 Å². The van der Waals surface area contributed by atoms with Gasteiger partial charge in [0.25, 0.3) is 5.91 Å². The van der Waals surface area contributed by atoms with Crippen molar-refractivity contribution in [2.75, 3.05) is 7.05 Å². The molecular formula is C25H24N2O2. The number of likely N-dealkylation sites (N-methyl/N-ethyl adjacent to an activating group) is 1. The third-order valence-electron chi connectivity index (χ3n) is 5.42. The molecule has 1 aliphatic heterocycles. The van der Waals surface area contributed by atoms with Gasteiger partial charge in [-0.05, 0) is 22.8 Å². The van der Waals surface area contributed by atoms with Gasteiger partial charge in [0.05, 0.1) is 0 Å². The molecule has 0 spiro atoms. The standard InChI is InChI=1S/C25H24N2O2/c1-26(17-20-12-6-3-7-13-20)25(29)23(16-19-10-4-2-5-11-19)27-18-21-14-8-9-15-22(21)24(27)28/h2-15,23H,16-18H2,1H3/t23-/m1/s1. The highest BCUT2D eigenvalue weighted by Gasteiger charge is 2.37. The molecule has 3 aromatic carbocycles. The fourth-order valence-corrected chi connectivity index (χ4v) is 3.89. The summed E-state index contributed by atoms with van der Waals surface area (Å²) in [6.07, 6.45) is 0.499. The molecule has 4 nitrogen and oxygen atoms in total. The molecule has 0 saturated carbocycles. The van der Waals surface area contributed by atoms with E-state index in [9.17, 15) is 9.59 Å². The first-order valence-corrected chi connectivity index (χ1v) is 9.85. The fourth-order valence-electron chi connectivity index (χ4n) is 3.89. The molecule has 0 saturated heterocycles. The van der Waals surface area contributed by atoms with E-state index in [2.05, 4.69) is 0 Å². The summed E-state index contributed by atoms with van der Waals surface area (Å²) in [5, 5.41) is 0. The zero-order chi connectivity index (χ0) is 20.2. The zero-order valence-corrected chi connectivity index (χ0v) is 16.5. The lowest BCUT2D eigenvalue weighted by Gasteiger charge is -2.31. The average molecular weight is 384 g/mol. The number of fused-ring (bicyclic) bond motifs is 1. The van der Waals surface area contributed by atoms with Crippen LogP contribution in [0.4, 0.5) is 0 Å². The Bertz CT molecular complexity index is 1000. The van der Waals surface area contributed by atoms with E-state index in [0.717, 1.165) is 16.7 Å². The van der Waals surface area contributed by atoms with Gasteiger partial charge in [-0.3, -0.25) is 9.59 Å². The lowest BCUT2D eigenvalue weighted by atomic mass is 10.0. The van der Waals surface area contributed by atoms with Crippen LogP contribution in [0.3, 0.4) is 0 Å². The summed E-state index contributed by atoms with van der Waals surface area (Å²) in [5.74, 6) is -0.109. The van der Waals surface area contributed by atoms with Gasteiger partial charge in [0.2, 0.25) is 5.91 Å². The van der Waals surface area contributed by atoms with Crippen molar-refractivity contribution in [1.29, 1.82) is 0 Å². The smallest absolute Gasteiger partial charge is 0.255 e. The van der Waals surface area contributed by atoms with Gasteiger partial charge in [0, 0.05) is 32.1 Å². The van der Waals surface area contributed by atoms with Gasteiger partial charge in [0.1, 0.15) is 6.04 Å². The molecule has 4 rings (SSSR count). The van der Waals surface area contributed by atoms with Crippen molar-refractivity contribution in [3.8, 4) is 0 Å². The first-order valence-electron chi connectivity index (χ1n) is 9.85. The Morgan fingerprint density at radius 1 is 0.897 bits per heavy atom. The minimum Gasteiger partial charge on any atom is -0.340 e. The number of rotatable bonds is 6. The maximum Gasteiger partial charge on any atom is 0.255 e. The third-order valence-corrected chi connectivity index (χ3v) is 5.42. The van der Waals surface area contributed by atoms with Crippen LogP contribution in [0.1, 0.15) is 27.0 Å². The predicted octanol–water partition coefficient (Wildman–Crippen LogP) is 3.91. The lowest BCUT2D eigenvalue weighted by molar-refractivity contribution is -0.135. The Morgan fingerprint density at radius 3 is 2.14 bits per heavy atom. The van der Waals surface area contributed by atoms with Crippen LogP contribution in [0.5, 0.6) is 0 Å². The number of nitrogens with zero attached hydrogens (tertiary/aromatic N) is 2. The van der Waals surface area contributed by atoms with Crippen molar-refractivity contribution < 1.29 is 9.59 Å². The van der Waals surface area contributed by atoms with Crippen LogP contribution in [0.2, 0.25) is 0 Å². The molecule has 4 heteroatoms. The molecule has 0 unspecified atom stereocenters. The van der Waals surface area contributed by atoms with E-state index in [-0.39, 0.29) is 11.8 Å². The number of hydrogen-bond donors (Lipinski definition) is 0. The van der Waals surface area contributed by atoms with Gasteiger partial charge in [0.15, 0.2) is 0 Å². The quantitative estimate of drug-likeness (QED) is 0.646. The maximum atomic E-state index is 13.5. The van der Waals surface area contributed by atoms with E-state index < -0.39 is 6.04 Å². The Morgan fingerprint density at radius 2 is 1.48 bits per heavy atom. The van der Waals surface area contributed by atoms with Crippen LogP contribution >= 0.6 is 0 Å². The van der Waals surface area contributed by atoms with E-state index in [1.807, 2.05) is 84.9 Å².